The quantitative estimate of drug-likeness (QED) is 0.741. The topological polar surface area (TPSA) is 68.8 Å². The van der Waals surface area contributed by atoms with E-state index in [0.29, 0.717) is 11.0 Å². The Labute approximate surface area is 145 Å². The highest BCUT2D eigenvalue weighted by Crippen LogP contribution is 2.38. The van der Waals surface area contributed by atoms with E-state index in [1.165, 1.54) is 11.1 Å². The van der Waals surface area contributed by atoms with Crippen molar-refractivity contribution in [3.8, 4) is 0 Å². The van der Waals surface area contributed by atoms with Crippen LogP contribution in [0.5, 0.6) is 0 Å². The number of anilines is 2. The van der Waals surface area contributed by atoms with Crippen molar-refractivity contribution in [3.63, 3.8) is 0 Å². The summed E-state index contributed by atoms with van der Waals surface area (Å²) in [6, 6.07) is 16.6. The Morgan fingerprint density at radius 2 is 1.96 bits per heavy atom. The van der Waals surface area contributed by atoms with Gasteiger partial charge in [0.15, 0.2) is 0 Å². The van der Waals surface area contributed by atoms with Crippen LogP contribution in [0.1, 0.15) is 35.2 Å². The van der Waals surface area contributed by atoms with Crippen LogP contribution in [-0.4, -0.2) is 14.8 Å². The summed E-state index contributed by atoms with van der Waals surface area (Å²) in [5.41, 5.74) is 9.39. The van der Waals surface area contributed by atoms with Crippen molar-refractivity contribution in [2.45, 2.75) is 25.4 Å². The van der Waals surface area contributed by atoms with Crippen molar-refractivity contribution < 1.29 is 0 Å². The Morgan fingerprint density at radius 1 is 1.17 bits per heavy atom. The Balaban J connectivity index is 1.76. The van der Waals surface area contributed by atoms with E-state index in [4.69, 9.17) is 17.3 Å². The molecular formula is C18H18ClN5. The summed E-state index contributed by atoms with van der Waals surface area (Å²) in [4.78, 5) is 4.33. The van der Waals surface area contributed by atoms with Crippen molar-refractivity contribution in [3.05, 3.63) is 70.2 Å². The average molecular weight is 340 g/mol. The molecule has 0 aliphatic carbocycles. The second kappa shape index (κ2) is 5.83. The minimum absolute atomic E-state index is 0.0380. The van der Waals surface area contributed by atoms with Crippen molar-refractivity contribution in [1.82, 2.24) is 14.8 Å². The Kier molecular flexibility index (Phi) is 3.65. The summed E-state index contributed by atoms with van der Waals surface area (Å²) in [7, 11) is 0. The highest BCUT2D eigenvalue weighted by molar-refractivity contribution is 6.30. The fraction of sp³-hybridized carbons (Fsp3) is 0.222. The zero-order valence-electron chi connectivity index (χ0n) is 13.3. The van der Waals surface area contributed by atoms with E-state index in [-0.39, 0.29) is 18.0 Å². The summed E-state index contributed by atoms with van der Waals surface area (Å²) in [5, 5.41) is 8.52. The molecule has 122 valence electrons. The van der Waals surface area contributed by atoms with Gasteiger partial charge in [-0.1, -0.05) is 53.6 Å². The fourth-order valence-corrected chi connectivity index (χ4v) is 3.40. The SMILES string of the molecule is Cc1ccc([C@@H]2C[C@H](c3cccc(Cl)c3)n3nc(N)nc3N2)cc1. The standard InChI is InChI=1S/C18H18ClN5/c1-11-5-7-12(8-6-11)15-10-16(13-3-2-4-14(19)9-13)24-18(21-15)22-17(20)23-24/h2-9,15-16H,10H2,1H3,(H3,20,21,22,23)/t15-,16+/m0/s1. The van der Waals surface area contributed by atoms with Crippen LogP contribution in [0, 0.1) is 6.92 Å². The van der Waals surface area contributed by atoms with E-state index in [1.807, 2.05) is 22.9 Å². The molecule has 3 N–H and O–H groups in total. The molecule has 0 radical (unpaired) electrons. The van der Waals surface area contributed by atoms with Gasteiger partial charge in [-0.2, -0.15) is 4.98 Å². The van der Waals surface area contributed by atoms with Crippen LogP contribution in [0.25, 0.3) is 0 Å². The first-order chi connectivity index (χ1) is 11.6. The van der Waals surface area contributed by atoms with E-state index >= 15 is 0 Å². The molecule has 0 amide bonds. The number of halogens is 1. The maximum atomic E-state index is 6.18. The number of aromatic nitrogens is 3. The van der Waals surface area contributed by atoms with Gasteiger partial charge in [0.1, 0.15) is 0 Å². The number of benzene rings is 2. The van der Waals surface area contributed by atoms with Gasteiger partial charge >= 0.3 is 0 Å². The lowest BCUT2D eigenvalue weighted by Crippen LogP contribution is -2.28. The lowest BCUT2D eigenvalue weighted by Gasteiger charge is -2.31. The van der Waals surface area contributed by atoms with E-state index in [0.717, 1.165) is 12.0 Å². The monoisotopic (exact) mass is 339 g/mol. The smallest absolute Gasteiger partial charge is 0.241 e. The molecule has 0 spiro atoms. The van der Waals surface area contributed by atoms with Gasteiger partial charge in [0, 0.05) is 5.02 Å². The van der Waals surface area contributed by atoms with E-state index < -0.39 is 0 Å². The van der Waals surface area contributed by atoms with Gasteiger partial charge < -0.3 is 11.1 Å². The predicted molar refractivity (Wildman–Crippen MR) is 96.2 cm³/mol. The first-order valence-corrected chi connectivity index (χ1v) is 8.28. The number of hydrogen-bond acceptors (Lipinski definition) is 4. The molecule has 2 heterocycles. The van der Waals surface area contributed by atoms with E-state index in [9.17, 15) is 0 Å². The van der Waals surface area contributed by atoms with Gasteiger partial charge in [0.25, 0.3) is 0 Å². The van der Waals surface area contributed by atoms with Crippen molar-refractivity contribution in [2.24, 2.45) is 0 Å². The molecule has 1 aromatic heterocycles. The second-order valence-electron chi connectivity index (χ2n) is 6.15. The van der Waals surface area contributed by atoms with Gasteiger partial charge in [-0.25, -0.2) is 4.68 Å². The zero-order valence-corrected chi connectivity index (χ0v) is 14.0. The van der Waals surface area contributed by atoms with Gasteiger partial charge in [0.2, 0.25) is 11.9 Å². The molecular weight excluding hydrogens is 322 g/mol. The molecule has 0 unspecified atom stereocenters. The average Bonchev–Trinajstić information content (AvgIpc) is 2.94. The predicted octanol–water partition coefficient (Wildman–Crippen LogP) is 3.97. The van der Waals surface area contributed by atoms with Crippen LogP contribution in [-0.2, 0) is 0 Å². The van der Waals surface area contributed by atoms with Crippen LogP contribution in [0.4, 0.5) is 11.9 Å². The van der Waals surface area contributed by atoms with Gasteiger partial charge in [-0.3, -0.25) is 0 Å². The second-order valence-corrected chi connectivity index (χ2v) is 6.59. The maximum Gasteiger partial charge on any atom is 0.241 e. The fourth-order valence-electron chi connectivity index (χ4n) is 3.20. The number of rotatable bonds is 2. The molecule has 2 aromatic carbocycles. The van der Waals surface area contributed by atoms with Crippen molar-refractivity contribution in [2.75, 3.05) is 11.1 Å². The van der Waals surface area contributed by atoms with Crippen LogP contribution in [0.15, 0.2) is 48.5 Å². The molecule has 0 bridgehead atoms. The molecule has 4 rings (SSSR count). The van der Waals surface area contributed by atoms with Gasteiger partial charge in [-0.15, -0.1) is 5.10 Å². The van der Waals surface area contributed by atoms with Crippen LogP contribution >= 0.6 is 11.6 Å². The highest BCUT2D eigenvalue weighted by Gasteiger charge is 2.30. The third kappa shape index (κ3) is 2.71. The maximum absolute atomic E-state index is 6.18. The number of nitrogens with one attached hydrogen (secondary N) is 1. The summed E-state index contributed by atoms with van der Waals surface area (Å²) >= 11 is 6.18. The lowest BCUT2D eigenvalue weighted by molar-refractivity contribution is 0.431. The minimum atomic E-state index is 0.0380. The summed E-state index contributed by atoms with van der Waals surface area (Å²) in [6.07, 6.45) is 0.846. The number of nitrogen functional groups attached to an aromatic ring is 1. The first kappa shape index (κ1) is 15.0. The Hall–Kier alpha value is -2.53. The third-order valence-electron chi connectivity index (χ3n) is 4.42. The lowest BCUT2D eigenvalue weighted by atomic mass is 9.93. The number of hydrogen-bond donors (Lipinski definition) is 2. The first-order valence-electron chi connectivity index (χ1n) is 7.91. The van der Waals surface area contributed by atoms with Crippen LogP contribution in [0.3, 0.4) is 0 Å². The molecule has 2 atom stereocenters. The Morgan fingerprint density at radius 3 is 2.71 bits per heavy atom. The normalized spacial score (nSPS) is 19.6. The molecule has 0 fully saturated rings. The van der Waals surface area contributed by atoms with E-state index in [2.05, 4.69) is 52.7 Å². The molecule has 0 saturated carbocycles. The molecule has 1 aliphatic rings. The largest absolute Gasteiger partial charge is 0.366 e. The molecule has 3 aromatic rings. The number of nitrogens with two attached hydrogens (primary N) is 1. The number of nitrogens with zero attached hydrogens (tertiary/aromatic N) is 3. The molecule has 5 nitrogen and oxygen atoms in total. The summed E-state index contributed by atoms with van der Waals surface area (Å²) in [6.45, 7) is 2.09. The summed E-state index contributed by atoms with van der Waals surface area (Å²) in [5.74, 6) is 0.961. The Bertz CT molecular complexity index is 871. The molecule has 6 heteroatoms. The van der Waals surface area contributed by atoms with Crippen LogP contribution < -0.4 is 11.1 Å². The minimum Gasteiger partial charge on any atom is -0.366 e. The number of aryl methyl sites for hydroxylation is 1. The third-order valence-corrected chi connectivity index (χ3v) is 4.65. The number of fused-ring (bicyclic) bond motifs is 1. The zero-order chi connectivity index (χ0) is 16.7. The molecule has 0 saturated heterocycles. The van der Waals surface area contributed by atoms with Crippen molar-refractivity contribution in [1.29, 1.82) is 0 Å². The molecule has 24 heavy (non-hydrogen) atoms. The van der Waals surface area contributed by atoms with E-state index in [1.54, 1.807) is 0 Å². The van der Waals surface area contributed by atoms with Crippen molar-refractivity contribution >= 4 is 23.5 Å². The summed E-state index contributed by atoms with van der Waals surface area (Å²) < 4.78 is 1.85. The van der Waals surface area contributed by atoms with Gasteiger partial charge in [-0.05, 0) is 36.6 Å². The molecule has 1 aliphatic heterocycles. The highest BCUT2D eigenvalue weighted by atomic mass is 35.5. The van der Waals surface area contributed by atoms with Crippen LogP contribution in [0.2, 0.25) is 5.02 Å². The van der Waals surface area contributed by atoms with Gasteiger partial charge in [0.05, 0.1) is 12.1 Å².